The largest absolute Gasteiger partial charge is 0.435 e. The maximum absolute atomic E-state index is 13.9. The zero-order chi connectivity index (χ0) is 19.5. The highest BCUT2D eigenvalue weighted by Gasteiger charge is 2.21. The van der Waals surface area contributed by atoms with Crippen LogP contribution in [0.15, 0.2) is 47.4 Å². The fourth-order valence-corrected chi connectivity index (χ4v) is 2.90. The molecule has 0 atom stereocenters. The van der Waals surface area contributed by atoms with Crippen LogP contribution in [0, 0.1) is 5.82 Å². The third-order valence-electron chi connectivity index (χ3n) is 3.30. The molecule has 26 heavy (non-hydrogen) atoms. The number of carbonyl (C=O) groups excluding carboxylic acids is 1. The summed E-state index contributed by atoms with van der Waals surface area (Å²) in [6.07, 6.45) is 0. The minimum absolute atomic E-state index is 0.108. The van der Waals surface area contributed by atoms with E-state index in [0.717, 1.165) is 22.5 Å². The first kappa shape index (κ1) is 19.7. The van der Waals surface area contributed by atoms with Crippen molar-refractivity contribution in [3.8, 4) is 5.75 Å². The topological polar surface area (TPSA) is 75.7 Å². The summed E-state index contributed by atoms with van der Waals surface area (Å²) in [5.74, 6) is -1.90. The zero-order valence-electron chi connectivity index (χ0n) is 13.7. The van der Waals surface area contributed by atoms with Crippen LogP contribution in [0.1, 0.15) is 10.4 Å². The molecular formula is C16H15F3N2O4S. The molecule has 2 aromatic rings. The Morgan fingerprint density at radius 3 is 2.27 bits per heavy atom. The van der Waals surface area contributed by atoms with E-state index in [1.165, 1.54) is 38.4 Å². The summed E-state index contributed by atoms with van der Waals surface area (Å²) in [6.45, 7) is -2.98. The van der Waals surface area contributed by atoms with Gasteiger partial charge in [0.25, 0.3) is 5.91 Å². The van der Waals surface area contributed by atoms with E-state index < -0.39 is 33.9 Å². The van der Waals surface area contributed by atoms with Crippen molar-refractivity contribution in [3.63, 3.8) is 0 Å². The number of carbonyl (C=O) groups is 1. The van der Waals surface area contributed by atoms with Crippen LogP contribution in [-0.2, 0) is 10.0 Å². The molecule has 0 aliphatic heterocycles. The van der Waals surface area contributed by atoms with E-state index >= 15 is 0 Å². The Hall–Kier alpha value is -2.59. The van der Waals surface area contributed by atoms with E-state index in [4.69, 9.17) is 0 Å². The van der Waals surface area contributed by atoms with Crippen LogP contribution in [0.4, 0.5) is 18.9 Å². The van der Waals surface area contributed by atoms with Gasteiger partial charge in [-0.15, -0.1) is 0 Å². The fourth-order valence-electron chi connectivity index (χ4n) is 1.97. The maximum Gasteiger partial charge on any atom is 0.387 e. The van der Waals surface area contributed by atoms with Gasteiger partial charge >= 0.3 is 6.61 Å². The second-order valence-corrected chi connectivity index (χ2v) is 7.44. The quantitative estimate of drug-likeness (QED) is 0.826. The lowest BCUT2D eigenvalue weighted by molar-refractivity contribution is -0.0498. The molecule has 0 saturated heterocycles. The average molecular weight is 388 g/mol. The molecule has 0 saturated carbocycles. The Labute approximate surface area is 148 Å². The molecule has 1 amide bonds. The summed E-state index contributed by atoms with van der Waals surface area (Å²) in [6, 6.07) is 7.83. The van der Waals surface area contributed by atoms with Crippen molar-refractivity contribution >= 4 is 21.6 Å². The normalized spacial score (nSPS) is 11.7. The van der Waals surface area contributed by atoms with Gasteiger partial charge in [-0.25, -0.2) is 17.1 Å². The van der Waals surface area contributed by atoms with Crippen LogP contribution in [0.3, 0.4) is 0 Å². The number of hydrogen-bond acceptors (Lipinski definition) is 4. The Kier molecular flexibility index (Phi) is 5.88. The molecule has 2 rings (SSSR count). The molecule has 1 N–H and O–H groups in total. The van der Waals surface area contributed by atoms with Gasteiger partial charge in [-0.05, 0) is 42.5 Å². The third kappa shape index (κ3) is 4.52. The number of hydrogen-bond donors (Lipinski definition) is 1. The fraction of sp³-hybridized carbons (Fsp3) is 0.188. The summed E-state index contributed by atoms with van der Waals surface area (Å²) in [5.41, 5.74) is -0.280. The molecule has 0 heterocycles. The van der Waals surface area contributed by atoms with Crippen LogP contribution in [0.5, 0.6) is 5.75 Å². The SMILES string of the molecule is CN(C)S(=O)(=O)c1ccc(F)c(C(=O)Nc2ccc(OC(F)F)cc2)c1. The number of nitrogens with zero attached hydrogens (tertiary/aromatic N) is 1. The highest BCUT2D eigenvalue weighted by molar-refractivity contribution is 7.89. The molecule has 10 heteroatoms. The molecule has 0 spiro atoms. The molecule has 0 radical (unpaired) electrons. The van der Waals surface area contributed by atoms with Crippen molar-refractivity contribution in [2.45, 2.75) is 11.5 Å². The predicted molar refractivity (Wildman–Crippen MR) is 88.3 cm³/mol. The maximum atomic E-state index is 13.9. The number of rotatable bonds is 6. The number of halogens is 3. The van der Waals surface area contributed by atoms with Crippen molar-refractivity contribution < 1.29 is 31.1 Å². The van der Waals surface area contributed by atoms with E-state index in [-0.39, 0.29) is 16.3 Å². The van der Waals surface area contributed by atoms with Gasteiger partial charge in [0, 0.05) is 19.8 Å². The van der Waals surface area contributed by atoms with Gasteiger partial charge in [0.1, 0.15) is 11.6 Å². The Bertz CT molecular complexity index is 900. The lowest BCUT2D eigenvalue weighted by Gasteiger charge is -2.13. The summed E-state index contributed by atoms with van der Waals surface area (Å²) < 4.78 is 67.5. The van der Waals surface area contributed by atoms with E-state index in [1.54, 1.807) is 0 Å². The number of sulfonamides is 1. The monoisotopic (exact) mass is 388 g/mol. The minimum Gasteiger partial charge on any atom is -0.435 e. The van der Waals surface area contributed by atoms with Crippen LogP contribution in [-0.4, -0.2) is 39.3 Å². The first-order chi connectivity index (χ1) is 12.1. The first-order valence-electron chi connectivity index (χ1n) is 7.19. The average Bonchev–Trinajstić information content (AvgIpc) is 2.56. The van der Waals surface area contributed by atoms with Crippen molar-refractivity contribution in [2.24, 2.45) is 0 Å². The second-order valence-electron chi connectivity index (χ2n) is 5.29. The third-order valence-corrected chi connectivity index (χ3v) is 5.11. The smallest absolute Gasteiger partial charge is 0.387 e. The number of amides is 1. The minimum atomic E-state index is -3.84. The van der Waals surface area contributed by atoms with Crippen molar-refractivity contribution in [3.05, 3.63) is 53.8 Å². The van der Waals surface area contributed by atoms with Gasteiger partial charge in [0.2, 0.25) is 10.0 Å². The number of benzene rings is 2. The van der Waals surface area contributed by atoms with E-state index in [2.05, 4.69) is 10.1 Å². The van der Waals surface area contributed by atoms with Crippen LogP contribution in [0.25, 0.3) is 0 Å². The van der Waals surface area contributed by atoms with Crippen LogP contribution >= 0.6 is 0 Å². The van der Waals surface area contributed by atoms with Crippen molar-refractivity contribution in [2.75, 3.05) is 19.4 Å². The van der Waals surface area contributed by atoms with Gasteiger partial charge in [-0.3, -0.25) is 4.79 Å². The van der Waals surface area contributed by atoms with E-state index in [1.807, 2.05) is 0 Å². The molecule has 140 valence electrons. The van der Waals surface area contributed by atoms with Gasteiger partial charge in [-0.1, -0.05) is 0 Å². The molecule has 6 nitrogen and oxygen atoms in total. The summed E-state index contributed by atoms with van der Waals surface area (Å²) in [4.78, 5) is 12.0. The second kappa shape index (κ2) is 7.75. The van der Waals surface area contributed by atoms with E-state index in [0.29, 0.717) is 0 Å². The number of anilines is 1. The lowest BCUT2D eigenvalue weighted by atomic mass is 10.2. The van der Waals surface area contributed by atoms with Gasteiger partial charge in [0.05, 0.1) is 10.5 Å². The molecule has 0 fully saturated rings. The molecule has 0 bridgehead atoms. The van der Waals surface area contributed by atoms with Crippen LogP contribution < -0.4 is 10.1 Å². The molecule has 0 aliphatic carbocycles. The number of ether oxygens (including phenoxy) is 1. The molecular weight excluding hydrogens is 373 g/mol. The molecule has 2 aromatic carbocycles. The summed E-state index contributed by atoms with van der Waals surface area (Å²) in [7, 11) is -1.23. The van der Waals surface area contributed by atoms with E-state index in [9.17, 15) is 26.4 Å². The van der Waals surface area contributed by atoms with Gasteiger partial charge < -0.3 is 10.1 Å². The lowest BCUT2D eigenvalue weighted by Crippen LogP contribution is -2.23. The Morgan fingerprint density at radius 2 is 1.73 bits per heavy atom. The van der Waals surface area contributed by atoms with Crippen molar-refractivity contribution in [1.29, 1.82) is 0 Å². The summed E-state index contributed by atoms with van der Waals surface area (Å²) in [5, 5.41) is 2.36. The van der Waals surface area contributed by atoms with Crippen LogP contribution in [0.2, 0.25) is 0 Å². The molecule has 0 unspecified atom stereocenters. The first-order valence-corrected chi connectivity index (χ1v) is 8.63. The molecule has 0 aliphatic rings. The summed E-state index contributed by atoms with van der Waals surface area (Å²) >= 11 is 0. The Morgan fingerprint density at radius 1 is 1.12 bits per heavy atom. The highest BCUT2D eigenvalue weighted by atomic mass is 32.2. The van der Waals surface area contributed by atoms with Crippen molar-refractivity contribution in [1.82, 2.24) is 4.31 Å². The predicted octanol–water partition coefficient (Wildman–Crippen LogP) is 2.93. The Balaban J connectivity index is 2.24. The number of nitrogens with one attached hydrogen (secondary N) is 1. The van der Waals surface area contributed by atoms with Gasteiger partial charge in [0.15, 0.2) is 0 Å². The zero-order valence-corrected chi connectivity index (χ0v) is 14.6. The van der Waals surface area contributed by atoms with Gasteiger partial charge in [-0.2, -0.15) is 8.78 Å². The standard InChI is InChI=1S/C16H15F3N2O4S/c1-21(2)26(23,24)12-7-8-14(17)13(9-12)15(22)20-10-3-5-11(6-4-10)25-16(18)19/h3-9,16H,1-2H3,(H,20,22). The molecule has 0 aromatic heterocycles. The highest BCUT2D eigenvalue weighted by Crippen LogP contribution is 2.21. The number of alkyl halides is 2.